The van der Waals surface area contributed by atoms with Gasteiger partial charge in [0.15, 0.2) is 0 Å². The first-order chi connectivity index (χ1) is 12.5. The smallest absolute Gasteiger partial charge is 0.326 e. The second-order valence-electron chi connectivity index (χ2n) is 6.91. The molecule has 0 aliphatic carbocycles. The number of aliphatic carboxylic acids is 1. The van der Waals surface area contributed by atoms with Crippen molar-refractivity contribution in [2.75, 3.05) is 0 Å². The summed E-state index contributed by atoms with van der Waals surface area (Å²) < 4.78 is 32.4. The molecule has 1 atom stereocenters. The van der Waals surface area contributed by atoms with Crippen molar-refractivity contribution in [3.8, 4) is 5.75 Å². The van der Waals surface area contributed by atoms with Gasteiger partial charge in [0, 0.05) is 0 Å². The van der Waals surface area contributed by atoms with Gasteiger partial charge in [-0.2, -0.15) is 4.72 Å². The molecule has 7 nitrogen and oxygen atoms in total. The number of carbonyl (C=O) groups excluding carboxylic acids is 1. The largest absolute Gasteiger partial charge is 0.480 e. The van der Waals surface area contributed by atoms with Crippen molar-refractivity contribution in [1.29, 1.82) is 0 Å². The van der Waals surface area contributed by atoms with Crippen LogP contribution in [0.5, 0.6) is 5.75 Å². The van der Waals surface area contributed by atoms with Crippen LogP contribution in [0.2, 0.25) is 0 Å². The number of ether oxygens (including phenoxy) is 1. The lowest BCUT2D eigenvalue weighted by atomic mass is 9.97. The van der Waals surface area contributed by atoms with E-state index in [-0.39, 0.29) is 10.6 Å². The fourth-order valence-corrected chi connectivity index (χ4v) is 3.25. The topological polar surface area (TPSA) is 110 Å². The van der Waals surface area contributed by atoms with Gasteiger partial charge < -0.3 is 9.84 Å². The predicted octanol–water partition coefficient (Wildman–Crippen LogP) is 2.74. The van der Waals surface area contributed by atoms with Gasteiger partial charge in [0.1, 0.15) is 11.8 Å². The molecule has 0 radical (unpaired) electrons. The van der Waals surface area contributed by atoms with Crippen molar-refractivity contribution in [2.24, 2.45) is 5.41 Å². The van der Waals surface area contributed by atoms with Crippen LogP contribution in [-0.2, 0) is 19.6 Å². The van der Waals surface area contributed by atoms with Crippen LogP contribution in [0.4, 0.5) is 0 Å². The van der Waals surface area contributed by atoms with E-state index >= 15 is 0 Å². The summed E-state index contributed by atoms with van der Waals surface area (Å²) in [5, 5.41) is 9.37. The second-order valence-corrected chi connectivity index (χ2v) is 8.63. The van der Waals surface area contributed by atoms with Crippen LogP contribution >= 0.6 is 0 Å². The molecule has 144 valence electrons. The first-order valence-corrected chi connectivity index (χ1v) is 9.61. The lowest BCUT2D eigenvalue weighted by Gasteiger charge is -2.17. The molecule has 0 heterocycles. The molecule has 0 spiro atoms. The number of nitrogens with one attached hydrogen (secondary N) is 1. The number of hydrogen-bond donors (Lipinski definition) is 2. The zero-order valence-electron chi connectivity index (χ0n) is 15.2. The van der Waals surface area contributed by atoms with Crippen LogP contribution in [0.1, 0.15) is 32.4 Å². The summed E-state index contributed by atoms with van der Waals surface area (Å²) in [4.78, 5) is 23.2. The molecule has 0 bridgehead atoms. The van der Waals surface area contributed by atoms with Gasteiger partial charge in [-0.3, -0.25) is 9.59 Å². The summed E-state index contributed by atoms with van der Waals surface area (Å²) in [6.07, 6.45) is 0. The molecule has 0 saturated carbocycles. The van der Waals surface area contributed by atoms with Crippen molar-refractivity contribution in [1.82, 2.24) is 4.72 Å². The fourth-order valence-electron chi connectivity index (χ4n) is 2.08. The normalized spacial score (nSPS) is 13.0. The predicted molar refractivity (Wildman–Crippen MR) is 98.7 cm³/mol. The SMILES string of the molecule is CC(C)(C)C(=O)Oc1ccc(S(=O)(=O)N[C@H](C(=O)O)c2ccccc2)cc1. The maximum Gasteiger partial charge on any atom is 0.326 e. The highest BCUT2D eigenvalue weighted by molar-refractivity contribution is 7.89. The van der Waals surface area contributed by atoms with Crippen molar-refractivity contribution in [2.45, 2.75) is 31.7 Å². The quantitative estimate of drug-likeness (QED) is 0.579. The van der Waals surface area contributed by atoms with Crippen LogP contribution in [0.15, 0.2) is 59.5 Å². The number of carboxylic acid groups (broad SMARTS) is 1. The highest BCUT2D eigenvalue weighted by Gasteiger charge is 2.27. The number of rotatable bonds is 6. The van der Waals surface area contributed by atoms with Gasteiger partial charge in [0.05, 0.1) is 10.3 Å². The number of benzene rings is 2. The van der Waals surface area contributed by atoms with Crippen molar-refractivity contribution in [3.05, 3.63) is 60.2 Å². The van der Waals surface area contributed by atoms with E-state index in [0.717, 1.165) is 0 Å². The Morgan fingerprint density at radius 2 is 1.56 bits per heavy atom. The van der Waals surface area contributed by atoms with Crippen LogP contribution < -0.4 is 9.46 Å². The van der Waals surface area contributed by atoms with Crippen molar-refractivity contribution < 1.29 is 27.9 Å². The van der Waals surface area contributed by atoms with E-state index in [0.29, 0.717) is 5.56 Å². The molecule has 0 amide bonds. The minimum Gasteiger partial charge on any atom is -0.480 e. The second kappa shape index (κ2) is 7.89. The van der Waals surface area contributed by atoms with Crippen molar-refractivity contribution >= 4 is 22.0 Å². The zero-order valence-corrected chi connectivity index (χ0v) is 16.0. The Kier molecular flexibility index (Phi) is 6.02. The highest BCUT2D eigenvalue weighted by atomic mass is 32.2. The molecule has 2 rings (SSSR count). The monoisotopic (exact) mass is 391 g/mol. The molecule has 2 aromatic rings. The van der Waals surface area contributed by atoms with Gasteiger partial charge in [0.25, 0.3) is 0 Å². The van der Waals surface area contributed by atoms with Crippen LogP contribution in [0, 0.1) is 5.41 Å². The summed E-state index contributed by atoms with van der Waals surface area (Å²) in [6.45, 7) is 5.11. The van der Waals surface area contributed by atoms with Crippen LogP contribution in [0.25, 0.3) is 0 Å². The number of carbonyl (C=O) groups is 2. The molecule has 0 unspecified atom stereocenters. The Morgan fingerprint density at radius 1 is 1.00 bits per heavy atom. The van der Waals surface area contributed by atoms with E-state index in [1.807, 2.05) is 0 Å². The average Bonchev–Trinajstić information content (AvgIpc) is 2.60. The lowest BCUT2D eigenvalue weighted by molar-refractivity contribution is -0.143. The molecular weight excluding hydrogens is 370 g/mol. The Labute approximate surface area is 158 Å². The molecule has 0 aliphatic rings. The summed E-state index contributed by atoms with van der Waals surface area (Å²) in [5.74, 6) is -1.57. The highest BCUT2D eigenvalue weighted by Crippen LogP contribution is 2.22. The summed E-state index contributed by atoms with van der Waals surface area (Å²) in [5.41, 5.74) is -0.388. The third-order valence-electron chi connectivity index (χ3n) is 3.61. The van der Waals surface area contributed by atoms with E-state index < -0.39 is 33.4 Å². The molecule has 2 N–H and O–H groups in total. The molecule has 0 aromatic heterocycles. The van der Waals surface area contributed by atoms with Gasteiger partial charge >= 0.3 is 11.9 Å². The molecule has 0 saturated heterocycles. The number of hydrogen-bond acceptors (Lipinski definition) is 5. The van der Waals surface area contributed by atoms with Gasteiger partial charge in [-0.1, -0.05) is 30.3 Å². The van der Waals surface area contributed by atoms with E-state index in [4.69, 9.17) is 4.74 Å². The van der Waals surface area contributed by atoms with E-state index in [9.17, 15) is 23.1 Å². The minimum absolute atomic E-state index is 0.139. The minimum atomic E-state index is -4.10. The molecule has 8 heteroatoms. The van der Waals surface area contributed by atoms with Gasteiger partial charge in [0.2, 0.25) is 10.0 Å². The molecule has 27 heavy (non-hydrogen) atoms. The Balaban J connectivity index is 2.21. The maximum atomic E-state index is 12.5. The third kappa shape index (κ3) is 5.38. The van der Waals surface area contributed by atoms with E-state index in [1.165, 1.54) is 36.4 Å². The van der Waals surface area contributed by atoms with Gasteiger partial charge in [-0.15, -0.1) is 0 Å². The van der Waals surface area contributed by atoms with Crippen molar-refractivity contribution in [3.63, 3.8) is 0 Å². The molecule has 0 fully saturated rings. The fraction of sp³-hybridized carbons (Fsp3) is 0.263. The zero-order chi connectivity index (χ0) is 20.2. The summed E-state index contributed by atoms with van der Waals surface area (Å²) in [7, 11) is -4.10. The maximum absolute atomic E-state index is 12.5. The molecular formula is C19H21NO6S. The van der Waals surface area contributed by atoms with Gasteiger partial charge in [-0.05, 0) is 50.6 Å². The Morgan fingerprint density at radius 3 is 2.04 bits per heavy atom. The Bertz CT molecular complexity index is 915. The average molecular weight is 391 g/mol. The Hall–Kier alpha value is -2.71. The lowest BCUT2D eigenvalue weighted by Crippen LogP contribution is -2.33. The standard InChI is InChI=1S/C19H21NO6S/c1-19(2,3)18(23)26-14-9-11-15(12-10-14)27(24,25)20-16(17(21)22)13-7-5-4-6-8-13/h4-12,16,20H,1-3H3,(H,21,22)/t16-/m0/s1. The molecule has 0 aliphatic heterocycles. The van der Waals surface area contributed by atoms with Gasteiger partial charge in [-0.25, -0.2) is 8.42 Å². The number of carboxylic acids is 1. The van der Waals surface area contributed by atoms with E-state index in [1.54, 1.807) is 39.0 Å². The summed E-state index contributed by atoms with van der Waals surface area (Å²) in [6, 6.07) is 11.8. The number of sulfonamides is 1. The van der Waals surface area contributed by atoms with Crippen LogP contribution in [-0.4, -0.2) is 25.5 Å². The first-order valence-electron chi connectivity index (χ1n) is 8.13. The summed E-state index contributed by atoms with van der Waals surface area (Å²) >= 11 is 0. The van der Waals surface area contributed by atoms with Crippen LogP contribution in [0.3, 0.4) is 0 Å². The van der Waals surface area contributed by atoms with E-state index in [2.05, 4.69) is 4.72 Å². The number of esters is 1. The first kappa shape index (κ1) is 20.6. The molecule has 2 aromatic carbocycles. The third-order valence-corrected chi connectivity index (χ3v) is 5.05.